The number of carbonyl (C=O) groups excluding carboxylic acids is 1. The fraction of sp³-hybridized carbons (Fsp3) is 0.348. The summed E-state index contributed by atoms with van der Waals surface area (Å²) in [6.07, 6.45) is 5.08. The van der Waals surface area contributed by atoms with Gasteiger partial charge in [-0.3, -0.25) is 4.79 Å². The highest BCUT2D eigenvalue weighted by Gasteiger charge is 2.31. The molecule has 1 aliphatic rings. The first-order valence-electron chi connectivity index (χ1n) is 9.64. The van der Waals surface area contributed by atoms with Gasteiger partial charge in [-0.1, -0.05) is 11.6 Å². The highest BCUT2D eigenvalue weighted by atomic mass is 35.5. The molecule has 0 spiro atoms. The maximum Gasteiger partial charge on any atom is 0.247 e. The first kappa shape index (κ1) is 21.8. The van der Waals surface area contributed by atoms with Gasteiger partial charge in [0.1, 0.15) is 11.5 Å². The largest absolute Gasteiger partial charge is 0.497 e. The van der Waals surface area contributed by atoms with E-state index >= 15 is 0 Å². The Bertz CT molecular complexity index is 943. The Kier molecular flexibility index (Phi) is 7.11. The fourth-order valence-corrected chi connectivity index (χ4v) is 4.05. The van der Waals surface area contributed by atoms with Crippen molar-refractivity contribution in [1.82, 2.24) is 4.90 Å². The minimum absolute atomic E-state index is 0.0683. The van der Waals surface area contributed by atoms with Crippen LogP contribution in [-0.4, -0.2) is 45.8 Å². The van der Waals surface area contributed by atoms with Gasteiger partial charge in [0, 0.05) is 18.2 Å². The summed E-state index contributed by atoms with van der Waals surface area (Å²) in [6.45, 7) is 0.681. The van der Waals surface area contributed by atoms with E-state index in [-0.39, 0.29) is 11.9 Å². The molecule has 1 aliphatic heterocycles. The van der Waals surface area contributed by atoms with E-state index in [4.69, 9.17) is 30.5 Å². The van der Waals surface area contributed by atoms with Gasteiger partial charge in [0.25, 0.3) is 0 Å². The van der Waals surface area contributed by atoms with Crippen LogP contribution in [-0.2, 0) is 4.79 Å². The second-order valence-corrected chi connectivity index (χ2v) is 7.28. The summed E-state index contributed by atoms with van der Waals surface area (Å²) >= 11 is 6.26. The van der Waals surface area contributed by atoms with E-state index in [0.29, 0.717) is 23.1 Å². The van der Waals surface area contributed by atoms with Crippen molar-refractivity contribution < 1.29 is 23.7 Å². The molecule has 2 aromatic carbocycles. The van der Waals surface area contributed by atoms with E-state index in [1.165, 1.54) is 7.11 Å². The minimum atomic E-state index is -0.0757. The Labute approximate surface area is 181 Å². The van der Waals surface area contributed by atoms with Crippen LogP contribution in [0.5, 0.6) is 23.0 Å². The standard InChI is InChI=1S/C23H26ClNO5/c1-27-16-8-9-20(28-2)17(14-16)19-6-5-11-25(19)22(26)10-7-15-12-18(24)23(30-4)21(13-15)29-3/h7-10,12-14,19H,5-6,11H2,1-4H3/b10-7+. The number of ether oxygens (including phenoxy) is 4. The number of hydrogen-bond donors (Lipinski definition) is 0. The summed E-state index contributed by atoms with van der Waals surface area (Å²) in [6, 6.07) is 9.11. The quantitative estimate of drug-likeness (QED) is 0.592. The van der Waals surface area contributed by atoms with Crippen molar-refractivity contribution in [2.45, 2.75) is 18.9 Å². The van der Waals surface area contributed by atoms with E-state index in [1.54, 1.807) is 45.6 Å². The van der Waals surface area contributed by atoms with Crippen molar-refractivity contribution in [3.05, 3.63) is 52.6 Å². The molecule has 1 heterocycles. The maximum atomic E-state index is 13.0. The highest BCUT2D eigenvalue weighted by Crippen LogP contribution is 2.39. The number of likely N-dealkylation sites (tertiary alicyclic amines) is 1. The Morgan fingerprint density at radius 2 is 1.80 bits per heavy atom. The second kappa shape index (κ2) is 9.76. The van der Waals surface area contributed by atoms with Gasteiger partial charge in [-0.25, -0.2) is 0 Å². The van der Waals surface area contributed by atoms with Gasteiger partial charge in [-0.05, 0) is 54.8 Å². The van der Waals surface area contributed by atoms with Crippen LogP contribution in [0.3, 0.4) is 0 Å². The van der Waals surface area contributed by atoms with Gasteiger partial charge in [-0.2, -0.15) is 0 Å². The van der Waals surface area contributed by atoms with Gasteiger partial charge < -0.3 is 23.8 Å². The predicted molar refractivity (Wildman–Crippen MR) is 117 cm³/mol. The molecule has 0 aromatic heterocycles. The smallest absolute Gasteiger partial charge is 0.247 e. The average molecular weight is 432 g/mol. The van der Waals surface area contributed by atoms with Gasteiger partial charge >= 0.3 is 0 Å². The Balaban J connectivity index is 1.84. The van der Waals surface area contributed by atoms with Crippen molar-refractivity contribution in [3.8, 4) is 23.0 Å². The van der Waals surface area contributed by atoms with Crippen molar-refractivity contribution >= 4 is 23.6 Å². The first-order valence-corrected chi connectivity index (χ1v) is 10.0. The lowest BCUT2D eigenvalue weighted by molar-refractivity contribution is -0.126. The van der Waals surface area contributed by atoms with Crippen molar-refractivity contribution in [2.24, 2.45) is 0 Å². The molecular weight excluding hydrogens is 406 g/mol. The summed E-state index contributed by atoms with van der Waals surface area (Å²) in [5.74, 6) is 2.38. The van der Waals surface area contributed by atoms with E-state index in [2.05, 4.69) is 0 Å². The fourth-order valence-electron chi connectivity index (χ4n) is 3.75. The lowest BCUT2D eigenvalue weighted by Crippen LogP contribution is -2.29. The van der Waals surface area contributed by atoms with E-state index in [9.17, 15) is 4.79 Å². The molecule has 6 nitrogen and oxygen atoms in total. The second-order valence-electron chi connectivity index (χ2n) is 6.87. The zero-order chi connectivity index (χ0) is 21.7. The monoisotopic (exact) mass is 431 g/mol. The number of halogens is 1. The van der Waals surface area contributed by atoms with Gasteiger partial charge in [-0.15, -0.1) is 0 Å². The van der Waals surface area contributed by atoms with E-state index in [1.807, 2.05) is 23.1 Å². The molecule has 0 N–H and O–H groups in total. The molecular formula is C23H26ClNO5. The molecule has 2 aromatic rings. The third-order valence-corrected chi connectivity index (χ3v) is 5.49. The van der Waals surface area contributed by atoms with Crippen LogP contribution in [0.4, 0.5) is 0 Å². The molecule has 7 heteroatoms. The molecule has 30 heavy (non-hydrogen) atoms. The molecule has 0 saturated carbocycles. The summed E-state index contributed by atoms with van der Waals surface area (Å²) in [5, 5.41) is 0.420. The van der Waals surface area contributed by atoms with Crippen LogP contribution in [0.2, 0.25) is 5.02 Å². The summed E-state index contributed by atoms with van der Waals surface area (Å²) in [5.41, 5.74) is 1.70. The van der Waals surface area contributed by atoms with Gasteiger partial charge in [0.05, 0.1) is 39.5 Å². The number of carbonyl (C=O) groups is 1. The van der Waals surface area contributed by atoms with Crippen LogP contribution < -0.4 is 18.9 Å². The van der Waals surface area contributed by atoms with Crippen molar-refractivity contribution in [2.75, 3.05) is 35.0 Å². The van der Waals surface area contributed by atoms with E-state index < -0.39 is 0 Å². The summed E-state index contributed by atoms with van der Waals surface area (Å²) < 4.78 is 21.5. The normalized spacial score (nSPS) is 16.0. The van der Waals surface area contributed by atoms with Crippen LogP contribution in [0, 0.1) is 0 Å². The Morgan fingerprint density at radius 3 is 2.47 bits per heavy atom. The SMILES string of the molecule is COc1ccc(OC)c(C2CCCN2C(=O)/C=C/c2cc(Cl)c(OC)c(OC)c2)c1. The Morgan fingerprint density at radius 1 is 1.03 bits per heavy atom. The summed E-state index contributed by atoms with van der Waals surface area (Å²) in [7, 11) is 6.33. The molecule has 1 atom stereocenters. The van der Waals surface area contributed by atoms with Crippen LogP contribution in [0.15, 0.2) is 36.4 Å². The average Bonchev–Trinajstić information content (AvgIpc) is 3.26. The number of hydrogen-bond acceptors (Lipinski definition) is 5. The van der Waals surface area contributed by atoms with Crippen LogP contribution in [0.25, 0.3) is 6.08 Å². The van der Waals surface area contributed by atoms with Crippen LogP contribution in [0.1, 0.15) is 30.0 Å². The number of rotatable bonds is 7. The third-order valence-electron chi connectivity index (χ3n) is 5.21. The molecule has 3 rings (SSSR count). The molecule has 1 unspecified atom stereocenters. The predicted octanol–water partition coefficient (Wildman–Crippen LogP) is 4.75. The maximum absolute atomic E-state index is 13.0. The lowest BCUT2D eigenvalue weighted by Gasteiger charge is -2.25. The topological polar surface area (TPSA) is 57.2 Å². The molecule has 1 saturated heterocycles. The Hall–Kier alpha value is -2.86. The third kappa shape index (κ3) is 4.49. The number of benzene rings is 2. The molecule has 1 fully saturated rings. The molecule has 0 bridgehead atoms. The zero-order valence-corrected chi connectivity index (χ0v) is 18.4. The number of methoxy groups -OCH3 is 4. The van der Waals surface area contributed by atoms with Crippen molar-refractivity contribution in [1.29, 1.82) is 0 Å². The number of amides is 1. The molecule has 160 valence electrons. The summed E-state index contributed by atoms with van der Waals surface area (Å²) in [4.78, 5) is 14.9. The lowest BCUT2D eigenvalue weighted by atomic mass is 10.0. The molecule has 0 aliphatic carbocycles. The molecule has 0 radical (unpaired) electrons. The minimum Gasteiger partial charge on any atom is -0.497 e. The zero-order valence-electron chi connectivity index (χ0n) is 17.6. The number of nitrogens with zero attached hydrogens (tertiary/aromatic N) is 1. The molecule has 1 amide bonds. The van der Waals surface area contributed by atoms with Gasteiger partial charge in [0.15, 0.2) is 11.5 Å². The highest BCUT2D eigenvalue weighted by molar-refractivity contribution is 6.32. The van der Waals surface area contributed by atoms with Crippen LogP contribution >= 0.6 is 11.6 Å². The van der Waals surface area contributed by atoms with Gasteiger partial charge in [0.2, 0.25) is 5.91 Å². The first-order chi connectivity index (χ1) is 14.5. The van der Waals surface area contributed by atoms with E-state index in [0.717, 1.165) is 35.5 Å². The van der Waals surface area contributed by atoms with Crippen molar-refractivity contribution in [3.63, 3.8) is 0 Å².